The number of hydrogen-bond acceptors (Lipinski definition) is 4. The third kappa shape index (κ3) is 3.22. The van der Waals surface area contributed by atoms with Gasteiger partial charge in [0.15, 0.2) is 23.0 Å². The number of fused-ring (bicyclic) bond motifs is 1. The molecular formula is C19H30O4. The summed E-state index contributed by atoms with van der Waals surface area (Å²) in [6.07, 6.45) is 0.705. The van der Waals surface area contributed by atoms with Gasteiger partial charge in [-0.3, -0.25) is 0 Å². The smallest absolute Gasteiger partial charge is 0.169 e. The maximum Gasteiger partial charge on any atom is 0.169 e. The molecule has 2 rings (SSSR count). The van der Waals surface area contributed by atoms with E-state index in [0.717, 1.165) is 6.42 Å². The summed E-state index contributed by atoms with van der Waals surface area (Å²) >= 11 is 0. The Balaban J connectivity index is 2.91. The number of phenols is 2. The Morgan fingerprint density at radius 1 is 0.739 bits per heavy atom. The molecule has 0 radical (unpaired) electrons. The minimum absolute atomic E-state index is 0.0240. The van der Waals surface area contributed by atoms with Crippen LogP contribution in [-0.4, -0.2) is 22.4 Å². The molecule has 1 aromatic carbocycles. The fourth-order valence-corrected chi connectivity index (χ4v) is 3.26. The van der Waals surface area contributed by atoms with Gasteiger partial charge in [-0.25, -0.2) is 0 Å². The Bertz CT molecular complexity index is 553. The lowest BCUT2D eigenvalue weighted by molar-refractivity contribution is 0.166. The summed E-state index contributed by atoms with van der Waals surface area (Å²) in [5, 5.41) is 21.4. The average Bonchev–Trinajstić information content (AvgIpc) is 2.44. The van der Waals surface area contributed by atoms with Crippen LogP contribution in [0, 0.1) is 0 Å². The highest BCUT2D eigenvalue weighted by Gasteiger charge is 2.38. The van der Waals surface area contributed by atoms with Gasteiger partial charge < -0.3 is 19.7 Å². The first kappa shape index (κ1) is 17.8. The molecule has 0 amide bonds. The summed E-state index contributed by atoms with van der Waals surface area (Å²) in [4.78, 5) is 0. The number of benzene rings is 1. The van der Waals surface area contributed by atoms with Gasteiger partial charge in [0.25, 0.3) is 0 Å². The molecule has 0 unspecified atom stereocenters. The average molecular weight is 322 g/mol. The molecule has 1 aromatic rings. The highest BCUT2D eigenvalue weighted by molar-refractivity contribution is 5.69. The molecule has 0 spiro atoms. The second-order valence-corrected chi connectivity index (χ2v) is 8.70. The molecule has 4 nitrogen and oxygen atoms in total. The fraction of sp³-hybridized carbons (Fsp3) is 0.684. The molecule has 2 atom stereocenters. The van der Waals surface area contributed by atoms with Gasteiger partial charge in [0.2, 0.25) is 0 Å². The van der Waals surface area contributed by atoms with Crippen molar-refractivity contribution in [1.82, 2.24) is 0 Å². The van der Waals surface area contributed by atoms with E-state index in [1.54, 1.807) is 0 Å². The summed E-state index contributed by atoms with van der Waals surface area (Å²) in [5.41, 5.74) is 0.412. The van der Waals surface area contributed by atoms with Crippen LogP contribution in [0.3, 0.4) is 0 Å². The third-order valence-corrected chi connectivity index (χ3v) is 4.16. The van der Waals surface area contributed by atoms with E-state index in [1.807, 2.05) is 55.4 Å². The number of aromatic hydroxyl groups is 2. The maximum absolute atomic E-state index is 10.7. The summed E-state index contributed by atoms with van der Waals surface area (Å²) < 4.78 is 12.3. The first-order chi connectivity index (χ1) is 10.3. The Labute approximate surface area is 139 Å². The molecule has 1 heterocycles. The van der Waals surface area contributed by atoms with Crippen LogP contribution in [0.15, 0.2) is 0 Å². The molecule has 1 aliphatic rings. The first-order valence-electron chi connectivity index (χ1n) is 8.30. The summed E-state index contributed by atoms with van der Waals surface area (Å²) in [6, 6.07) is 0. The zero-order valence-electron chi connectivity index (χ0n) is 15.6. The van der Waals surface area contributed by atoms with Gasteiger partial charge in [0, 0.05) is 17.5 Å². The summed E-state index contributed by atoms with van der Waals surface area (Å²) in [6.45, 7) is 15.9. The number of rotatable bonds is 0. The van der Waals surface area contributed by atoms with E-state index in [9.17, 15) is 10.2 Å². The van der Waals surface area contributed by atoms with Crippen LogP contribution < -0.4 is 9.47 Å². The molecule has 2 N–H and O–H groups in total. The lowest BCUT2D eigenvalue weighted by Crippen LogP contribution is -2.20. The monoisotopic (exact) mass is 322 g/mol. The first-order valence-corrected chi connectivity index (χ1v) is 8.30. The predicted octanol–water partition coefficient (Wildman–Crippen LogP) is 4.63. The molecule has 1 aliphatic heterocycles. The van der Waals surface area contributed by atoms with Crippen molar-refractivity contribution in [3.05, 3.63) is 11.1 Å². The van der Waals surface area contributed by atoms with Crippen LogP contribution in [0.4, 0.5) is 0 Å². The Kier molecular flexibility index (Phi) is 4.25. The van der Waals surface area contributed by atoms with Crippen molar-refractivity contribution < 1.29 is 19.7 Å². The van der Waals surface area contributed by atoms with Crippen molar-refractivity contribution in [1.29, 1.82) is 0 Å². The molecule has 0 fully saturated rings. The largest absolute Gasteiger partial charge is 0.504 e. The number of ether oxygens (including phenoxy) is 2. The molecule has 0 aromatic heterocycles. The highest BCUT2D eigenvalue weighted by atomic mass is 16.5. The lowest BCUT2D eigenvalue weighted by atomic mass is 9.79. The normalized spacial score (nSPS) is 21.9. The van der Waals surface area contributed by atoms with Crippen LogP contribution in [0.5, 0.6) is 23.0 Å². The second kappa shape index (κ2) is 5.50. The molecule has 0 bridgehead atoms. The zero-order valence-corrected chi connectivity index (χ0v) is 15.6. The van der Waals surface area contributed by atoms with Crippen LogP contribution in [0.25, 0.3) is 0 Å². The zero-order chi connectivity index (χ0) is 17.7. The van der Waals surface area contributed by atoms with Crippen LogP contribution in [0.1, 0.15) is 72.9 Å². The molecule has 0 saturated heterocycles. The fourth-order valence-electron chi connectivity index (χ4n) is 3.26. The van der Waals surface area contributed by atoms with Crippen molar-refractivity contribution in [3.63, 3.8) is 0 Å². The van der Waals surface area contributed by atoms with Crippen molar-refractivity contribution in [2.45, 2.75) is 84.8 Å². The van der Waals surface area contributed by atoms with Crippen molar-refractivity contribution >= 4 is 0 Å². The van der Waals surface area contributed by atoms with Crippen LogP contribution in [0.2, 0.25) is 0 Å². The topological polar surface area (TPSA) is 58.9 Å². The standard InChI is InChI=1S/C19H30O4/c1-10-9-11(2)23-17-13(19(6,7)8)15(21)14(20)12(16(17)22-10)18(3,4)5/h10-11,20-21H,9H2,1-8H3/t10-,11-/m1/s1. The Hall–Kier alpha value is -1.58. The molecule has 0 saturated carbocycles. The van der Waals surface area contributed by atoms with Gasteiger partial charge in [0.1, 0.15) is 0 Å². The molecular weight excluding hydrogens is 292 g/mol. The van der Waals surface area contributed by atoms with Crippen molar-refractivity contribution in [3.8, 4) is 23.0 Å². The van der Waals surface area contributed by atoms with Gasteiger partial charge in [-0.2, -0.15) is 0 Å². The van der Waals surface area contributed by atoms with Gasteiger partial charge in [0.05, 0.1) is 12.2 Å². The van der Waals surface area contributed by atoms with E-state index in [1.165, 1.54) is 0 Å². The van der Waals surface area contributed by atoms with Gasteiger partial charge in [-0.15, -0.1) is 0 Å². The maximum atomic E-state index is 10.7. The molecule has 0 aliphatic carbocycles. The van der Waals surface area contributed by atoms with Gasteiger partial charge in [-0.1, -0.05) is 41.5 Å². The van der Waals surface area contributed by atoms with Crippen LogP contribution >= 0.6 is 0 Å². The van der Waals surface area contributed by atoms with E-state index >= 15 is 0 Å². The molecule has 4 heteroatoms. The Morgan fingerprint density at radius 2 is 1.04 bits per heavy atom. The van der Waals surface area contributed by atoms with E-state index in [-0.39, 0.29) is 23.7 Å². The van der Waals surface area contributed by atoms with Gasteiger partial charge >= 0.3 is 0 Å². The van der Waals surface area contributed by atoms with Crippen LogP contribution in [-0.2, 0) is 10.8 Å². The van der Waals surface area contributed by atoms with E-state index in [0.29, 0.717) is 22.6 Å². The molecule has 130 valence electrons. The van der Waals surface area contributed by atoms with Crippen molar-refractivity contribution in [2.75, 3.05) is 0 Å². The number of hydrogen-bond donors (Lipinski definition) is 2. The quantitative estimate of drug-likeness (QED) is 0.684. The second-order valence-electron chi connectivity index (χ2n) is 8.70. The predicted molar refractivity (Wildman–Crippen MR) is 92.0 cm³/mol. The van der Waals surface area contributed by atoms with Gasteiger partial charge in [-0.05, 0) is 24.7 Å². The van der Waals surface area contributed by atoms with E-state index in [2.05, 4.69) is 0 Å². The van der Waals surface area contributed by atoms with E-state index < -0.39 is 10.8 Å². The van der Waals surface area contributed by atoms with Crippen molar-refractivity contribution in [2.24, 2.45) is 0 Å². The Morgan fingerprint density at radius 3 is 1.30 bits per heavy atom. The minimum atomic E-state index is -0.390. The lowest BCUT2D eigenvalue weighted by Gasteiger charge is -2.31. The van der Waals surface area contributed by atoms with E-state index in [4.69, 9.17) is 9.47 Å². The SMILES string of the molecule is C[C@@H]1C[C@@H](C)Oc2c(c(C(C)(C)C)c(O)c(O)c2C(C)(C)C)O1. The minimum Gasteiger partial charge on any atom is -0.504 e. The number of phenolic OH excluding ortho intramolecular Hbond substituents is 2. The third-order valence-electron chi connectivity index (χ3n) is 4.16. The molecule has 23 heavy (non-hydrogen) atoms. The summed E-state index contributed by atoms with van der Waals surface area (Å²) in [7, 11) is 0. The summed E-state index contributed by atoms with van der Waals surface area (Å²) in [5.74, 6) is 0.919. The highest BCUT2D eigenvalue weighted by Crippen LogP contribution is 2.56.